The van der Waals surface area contributed by atoms with Gasteiger partial charge < -0.3 is 5.73 Å². The quantitative estimate of drug-likeness (QED) is 0.575. The Labute approximate surface area is 84.1 Å². The van der Waals surface area contributed by atoms with Crippen molar-refractivity contribution in [2.45, 2.75) is 59.3 Å². The molecule has 2 unspecified atom stereocenters. The Bertz CT molecular complexity index is 101. The Morgan fingerprint density at radius 2 is 1.69 bits per heavy atom. The molecule has 0 saturated heterocycles. The first-order valence-electron chi connectivity index (χ1n) is 5.96. The molecule has 0 bridgehead atoms. The normalized spacial score (nSPS) is 15.7. The van der Waals surface area contributed by atoms with E-state index < -0.39 is 0 Å². The summed E-state index contributed by atoms with van der Waals surface area (Å²) in [6.07, 6.45) is 8.05. The Morgan fingerprint density at radius 1 is 1.00 bits per heavy atom. The monoisotopic (exact) mass is 185 g/mol. The maximum Gasteiger partial charge on any atom is -0.00463 e. The summed E-state index contributed by atoms with van der Waals surface area (Å²) in [5.41, 5.74) is 5.76. The van der Waals surface area contributed by atoms with Gasteiger partial charge in [0.15, 0.2) is 0 Å². The molecule has 0 heterocycles. The summed E-state index contributed by atoms with van der Waals surface area (Å²) in [5, 5.41) is 0. The van der Waals surface area contributed by atoms with Crippen molar-refractivity contribution in [3.8, 4) is 0 Å². The molecule has 0 aliphatic carbocycles. The molecule has 2 N–H and O–H groups in total. The molecule has 1 nitrogen and oxygen atoms in total. The van der Waals surface area contributed by atoms with E-state index in [4.69, 9.17) is 5.73 Å². The second-order valence-corrected chi connectivity index (χ2v) is 4.26. The summed E-state index contributed by atoms with van der Waals surface area (Å²) in [5.74, 6) is 1.60. The fourth-order valence-electron chi connectivity index (χ4n) is 1.96. The molecule has 0 aromatic carbocycles. The molecule has 1 heteroatoms. The molecule has 0 aliphatic heterocycles. The van der Waals surface area contributed by atoms with Gasteiger partial charge in [-0.25, -0.2) is 0 Å². The average Bonchev–Trinajstić information content (AvgIpc) is 2.14. The zero-order chi connectivity index (χ0) is 10.1. The number of hydrogen-bond donors (Lipinski definition) is 1. The zero-order valence-electron chi connectivity index (χ0n) is 9.68. The van der Waals surface area contributed by atoms with Crippen LogP contribution in [0, 0.1) is 11.8 Å². The lowest BCUT2D eigenvalue weighted by molar-refractivity contribution is 0.314. The van der Waals surface area contributed by atoms with E-state index in [1.54, 1.807) is 0 Å². The van der Waals surface area contributed by atoms with E-state index in [9.17, 15) is 0 Å². The van der Waals surface area contributed by atoms with Crippen molar-refractivity contribution in [1.29, 1.82) is 0 Å². The van der Waals surface area contributed by atoms with Crippen LogP contribution < -0.4 is 5.73 Å². The van der Waals surface area contributed by atoms with Crippen LogP contribution in [0.15, 0.2) is 0 Å². The molecule has 0 aromatic heterocycles. The number of rotatable bonds is 8. The largest absolute Gasteiger partial charge is 0.330 e. The first kappa shape index (κ1) is 13.0. The molecule has 0 amide bonds. The van der Waals surface area contributed by atoms with Gasteiger partial charge in [-0.2, -0.15) is 0 Å². The second kappa shape index (κ2) is 8.55. The molecular weight excluding hydrogens is 158 g/mol. The van der Waals surface area contributed by atoms with Gasteiger partial charge >= 0.3 is 0 Å². The highest BCUT2D eigenvalue weighted by atomic mass is 14.6. The van der Waals surface area contributed by atoms with E-state index in [1.165, 1.54) is 38.5 Å². The molecule has 80 valence electrons. The summed E-state index contributed by atoms with van der Waals surface area (Å²) in [7, 11) is 0. The Hall–Kier alpha value is -0.0400. The van der Waals surface area contributed by atoms with Crippen molar-refractivity contribution >= 4 is 0 Å². The van der Waals surface area contributed by atoms with Crippen LogP contribution >= 0.6 is 0 Å². The molecule has 0 rings (SSSR count). The van der Waals surface area contributed by atoms with Crippen molar-refractivity contribution in [3.63, 3.8) is 0 Å². The average molecular weight is 185 g/mol. The van der Waals surface area contributed by atoms with Crippen LogP contribution in [-0.2, 0) is 0 Å². The topological polar surface area (TPSA) is 26.0 Å². The lowest BCUT2D eigenvalue weighted by Crippen LogP contribution is -2.21. The summed E-state index contributed by atoms with van der Waals surface area (Å²) >= 11 is 0. The van der Waals surface area contributed by atoms with E-state index >= 15 is 0 Å². The van der Waals surface area contributed by atoms with Gasteiger partial charge in [0.2, 0.25) is 0 Å². The lowest BCUT2D eigenvalue weighted by atomic mass is 9.86. The smallest absolute Gasteiger partial charge is 0.00463 e. The number of hydrogen-bond acceptors (Lipinski definition) is 1. The molecule has 2 atom stereocenters. The van der Waals surface area contributed by atoms with Gasteiger partial charge in [-0.1, -0.05) is 52.9 Å². The number of nitrogens with two attached hydrogens (primary N) is 1. The maximum absolute atomic E-state index is 5.76. The molecule has 0 aliphatic rings. The summed E-state index contributed by atoms with van der Waals surface area (Å²) in [6.45, 7) is 7.75. The minimum atomic E-state index is 0.766. The molecule has 0 spiro atoms. The molecule has 13 heavy (non-hydrogen) atoms. The van der Waals surface area contributed by atoms with Gasteiger partial charge in [0.05, 0.1) is 0 Å². The van der Waals surface area contributed by atoms with Crippen molar-refractivity contribution in [2.24, 2.45) is 17.6 Å². The van der Waals surface area contributed by atoms with Gasteiger partial charge in [0, 0.05) is 0 Å². The summed E-state index contributed by atoms with van der Waals surface area (Å²) < 4.78 is 0. The van der Waals surface area contributed by atoms with Crippen LogP contribution in [-0.4, -0.2) is 6.54 Å². The summed E-state index contributed by atoms with van der Waals surface area (Å²) in [6, 6.07) is 0. The third kappa shape index (κ3) is 6.09. The van der Waals surface area contributed by atoms with Crippen LogP contribution in [0.2, 0.25) is 0 Å². The van der Waals surface area contributed by atoms with Gasteiger partial charge in [-0.3, -0.25) is 0 Å². The van der Waals surface area contributed by atoms with Gasteiger partial charge in [-0.05, 0) is 24.8 Å². The van der Waals surface area contributed by atoms with E-state index in [0.717, 1.165) is 18.4 Å². The van der Waals surface area contributed by atoms with E-state index in [0.29, 0.717) is 0 Å². The number of unbranched alkanes of at least 4 members (excludes halogenated alkanes) is 2. The lowest BCUT2D eigenvalue weighted by Gasteiger charge is -2.21. The van der Waals surface area contributed by atoms with Gasteiger partial charge in [-0.15, -0.1) is 0 Å². The first-order valence-corrected chi connectivity index (χ1v) is 5.96. The molecular formula is C12H27N. The Morgan fingerprint density at radius 3 is 2.15 bits per heavy atom. The third-order valence-corrected chi connectivity index (χ3v) is 3.03. The van der Waals surface area contributed by atoms with Crippen LogP contribution in [0.4, 0.5) is 0 Å². The molecule has 0 saturated carbocycles. The van der Waals surface area contributed by atoms with Crippen molar-refractivity contribution in [1.82, 2.24) is 0 Å². The maximum atomic E-state index is 5.76. The fraction of sp³-hybridized carbons (Fsp3) is 1.00. The predicted molar refractivity (Wildman–Crippen MR) is 60.8 cm³/mol. The van der Waals surface area contributed by atoms with Gasteiger partial charge in [0.25, 0.3) is 0 Å². The highest BCUT2D eigenvalue weighted by Gasteiger charge is 2.13. The first-order chi connectivity index (χ1) is 6.26. The molecule has 0 aromatic rings. The van der Waals surface area contributed by atoms with E-state index in [2.05, 4.69) is 20.8 Å². The molecule has 0 radical (unpaired) electrons. The van der Waals surface area contributed by atoms with Gasteiger partial charge in [0.1, 0.15) is 0 Å². The second-order valence-electron chi connectivity index (χ2n) is 4.26. The Balaban J connectivity index is 3.57. The van der Waals surface area contributed by atoms with Crippen LogP contribution in [0.5, 0.6) is 0 Å². The van der Waals surface area contributed by atoms with Crippen LogP contribution in [0.1, 0.15) is 59.3 Å². The SMILES string of the molecule is CCCCCC(C)C(CN)CCC. The standard InChI is InChI=1S/C12H27N/c1-4-6-7-9-11(3)12(10-13)8-5-2/h11-12H,4-10,13H2,1-3H3. The highest BCUT2D eigenvalue weighted by Crippen LogP contribution is 2.21. The Kier molecular flexibility index (Phi) is 8.53. The highest BCUT2D eigenvalue weighted by molar-refractivity contribution is 4.67. The molecule has 0 fully saturated rings. The van der Waals surface area contributed by atoms with Crippen LogP contribution in [0.3, 0.4) is 0 Å². The third-order valence-electron chi connectivity index (χ3n) is 3.03. The van der Waals surface area contributed by atoms with Crippen molar-refractivity contribution in [3.05, 3.63) is 0 Å². The minimum absolute atomic E-state index is 0.766. The van der Waals surface area contributed by atoms with Crippen molar-refractivity contribution < 1.29 is 0 Å². The van der Waals surface area contributed by atoms with Crippen molar-refractivity contribution in [2.75, 3.05) is 6.54 Å². The zero-order valence-corrected chi connectivity index (χ0v) is 9.68. The van der Waals surface area contributed by atoms with E-state index in [-0.39, 0.29) is 0 Å². The van der Waals surface area contributed by atoms with Crippen LogP contribution in [0.25, 0.3) is 0 Å². The van der Waals surface area contributed by atoms with E-state index in [1.807, 2.05) is 0 Å². The minimum Gasteiger partial charge on any atom is -0.330 e. The summed E-state index contributed by atoms with van der Waals surface area (Å²) in [4.78, 5) is 0. The predicted octanol–water partition coefficient (Wildman–Crippen LogP) is 3.58. The fourth-order valence-corrected chi connectivity index (χ4v) is 1.96.